The predicted molar refractivity (Wildman–Crippen MR) is 122 cm³/mol. The molecule has 0 aliphatic rings. The minimum Gasteiger partial charge on any atom is -0.480 e. The van der Waals surface area contributed by atoms with Crippen molar-refractivity contribution in [2.24, 2.45) is 0 Å². The molecule has 1 amide bonds. The van der Waals surface area contributed by atoms with Crippen molar-refractivity contribution >= 4 is 33.7 Å². The first-order valence-electron chi connectivity index (χ1n) is 10.7. The summed E-state index contributed by atoms with van der Waals surface area (Å²) in [5, 5.41) is 14.6. The zero-order chi connectivity index (χ0) is 22.0. The fourth-order valence-electron chi connectivity index (χ4n) is 4.27. The number of rotatable bonds is 8. The lowest BCUT2D eigenvalue weighted by molar-refractivity contribution is -0.139. The van der Waals surface area contributed by atoms with Crippen LogP contribution in [0.3, 0.4) is 0 Å². The molecule has 0 saturated heterocycles. The summed E-state index contributed by atoms with van der Waals surface area (Å²) in [5.41, 5.74) is 4.23. The van der Waals surface area contributed by atoms with Gasteiger partial charge >= 0.3 is 5.97 Å². The number of benzene rings is 2. The van der Waals surface area contributed by atoms with E-state index in [-0.39, 0.29) is 12.3 Å². The van der Waals surface area contributed by atoms with Gasteiger partial charge in [0.15, 0.2) is 0 Å². The van der Waals surface area contributed by atoms with E-state index >= 15 is 0 Å². The van der Waals surface area contributed by atoms with Gasteiger partial charge in [-0.3, -0.25) is 4.79 Å². The Hall–Kier alpha value is -3.54. The molecule has 0 aliphatic carbocycles. The highest BCUT2D eigenvalue weighted by atomic mass is 16.4. The maximum absolute atomic E-state index is 13.3. The van der Waals surface area contributed by atoms with E-state index in [1.54, 1.807) is 0 Å². The van der Waals surface area contributed by atoms with Crippen LogP contribution >= 0.6 is 0 Å². The summed E-state index contributed by atoms with van der Waals surface area (Å²) in [7, 11) is 0. The summed E-state index contributed by atoms with van der Waals surface area (Å²) in [6.07, 6.45) is 3.97. The SMILES string of the molecule is CCCCn1c(C(=O)NC(Cc2c[nH]c3ccccc23)C(=O)O)c(C)c2ccccc21. The van der Waals surface area contributed by atoms with Gasteiger partial charge in [0.1, 0.15) is 11.7 Å². The normalized spacial score (nSPS) is 12.3. The minimum absolute atomic E-state index is 0.208. The molecule has 160 valence electrons. The Kier molecular flexibility index (Phi) is 5.80. The molecular formula is C25H27N3O3. The first-order chi connectivity index (χ1) is 15.0. The molecule has 0 radical (unpaired) electrons. The summed E-state index contributed by atoms with van der Waals surface area (Å²) in [6.45, 7) is 4.75. The summed E-state index contributed by atoms with van der Waals surface area (Å²) in [6, 6.07) is 14.7. The zero-order valence-electron chi connectivity index (χ0n) is 17.8. The number of hydrogen-bond acceptors (Lipinski definition) is 2. The van der Waals surface area contributed by atoms with Gasteiger partial charge in [0.2, 0.25) is 0 Å². The maximum atomic E-state index is 13.3. The average molecular weight is 418 g/mol. The fourth-order valence-corrected chi connectivity index (χ4v) is 4.27. The number of unbranched alkanes of at least 4 members (excludes halogenated alkanes) is 1. The van der Waals surface area contributed by atoms with Crippen molar-refractivity contribution in [2.45, 2.75) is 45.7 Å². The Labute approximate surface area is 180 Å². The molecule has 0 spiro atoms. The number of fused-ring (bicyclic) bond motifs is 2. The number of nitrogens with one attached hydrogen (secondary N) is 2. The summed E-state index contributed by atoms with van der Waals surface area (Å²) in [5.74, 6) is -1.40. The monoisotopic (exact) mass is 417 g/mol. The molecule has 3 N–H and O–H groups in total. The molecule has 0 saturated carbocycles. The van der Waals surface area contributed by atoms with Crippen LogP contribution < -0.4 is 5.32 Å². The van der Waals surface area contributed by atoms with Crippen LogP contribution in [0.25, 0.3) is 21.8 Å². The second kappa shape index (κ2) is 8.68. The Bertz CT molecular complexity index is 1250. The Balaban J connectivity index is 1.66. The van der Waals surface area contributed by atoms with Crippen molar-refractivity contribution in [1.29, 1.82) is 0 Å². The van der Waals surface area contributed by atoms with Crippen LogP contribution in [0.2, 0.25) is 0 Å². The second-order valence-electron chi connectivity index (χ2n) is 7.92. The first kappa shape index (κ1) is 20.7. The van der Waals surface area contributed by atoms with Crippen molar-refractivity contribution in [3.63, 3.8) is 0 Å². The third-order valence-corrected chi connectivity index (χ3v) is 5.88. The van der Waals surface area contributed by atoms with Gasteiger partial charge in [-0.1, -0.05) is 49.7 Å². The second-order valence-corrected chi connectivity index (χ2v) is 7.92. The molecule has 0 fully saturated rings. The van der Waals surface area contributed by atoms with E-state index in [4.69, 9.17) is 0 Å². The van der Waals surface area contributed by atoms with Crippen molar-refractivity contribution in [1.82, 2.24) is 14.9 Å². The van der Waals surface area contributed by atoms with E-state index in [0.29, 0.717) is 12.2 Å². The highest BCUT2D eigenvalue weighted by molar-refractivity contribution is 6.03. The van der Waals surface area contributed by atoms with E-state index in [1.165, 1.54) is 0 Å². The maximum Gasteiger partial charge on any atom is 0.326 e. The molecule has 6 nitrogen and oxygen atoms in total. The molecule has 0 bridgehead atoms. The van der Waals surface area contributed by atoms with Crippen LogP contribution in [0.1, 0.15) is 41.4 Å². The van der Waals surface area contributed by atoms with Gasteiger partial charge in [0.05, 0.1) is 0 Å². The number of carbonyl (C=O) groups is 2. The molecule has 31 heavy (non-hydrogen) atoms. The van der Waals surface area contributed by atoms with Crippen molar-refractivity contribution in [3.8, 4) is 0 Å². The van der Waals surface area contributed by atoms with Crippen LogP contribution in [-0.4, -0.2) is 32.6 Å². The van der Waals surface area contributed by atoms with Gasteiger partial charge in [-0.05, 0) is 36.6 Å². The Morgan fingerprint density at radius 2 is 1.81 bits per heavy atom. The summed E-state index contributed by atoms with van der Waals surface area (Å²) in [4.78, 5) is 28.5. The summed E-state index contributed by atoms with van der Waals surface area (Å²) >= 11 is 0. The van der Waals surface area contributed by atoms with Crippen LogP contribution in [0, 0.1) is 6.92 Å². The minimum atomic E-state index is -1.05. The number of carbonyl (C=O) groups excluding carboxylic acids is 1. The third-order valence-electron chi connectivity index (χ3n) is 5.88. The number of aromatic amines is 1. The van der Waals surface area contributed by atoms with Gasteiger partial charge in [0, 0.05) is 41.0 Å². The molecular weight excluding hydrogens is 390 g/mol. The molecule has 4 aromatic rings. The molecule has 0 aliphatic heterocycles. The number of H-pyrrole nitrogens is 1. The highest BCUT2D eigenvalue weighted by Gasteiger charge is 2.26. The molecule has 4 rings (SSSR count). The van der Waals surface area contributed by atoms with Gasteiger partial charge in [0.25, 0.3) is 5.91 Å². The van der Waals surface area contributed by atoms with E-state index in [0.717, 1.165) is 45.8 Å². The molecule has 1 atom stereocenters. The van der Waals surface area contributed by atoms with E-state index in [9.17, 15) is 14.7 Å². The quantitative estimate of drug-likeness (QED) is 0.390. The molecule has 2 heterocycles. The van der Waals surface area contributed by atoms with E-state index in [1.807, 2.05) is 66.2 Å². The number of carboxylic acid groups (broad SMARTS) is 1. The van der Waals surface area contributed by atoms with Crippen molar-refractivity contribution in [2.75, 3.05) is 0 Å². The molecule has 2 aromatic heterocycles. The Morgan fingerprint density at radius 3 is 2.55 bits per heavy atom. The van der Waals surface area contributed by atoms with Crippen molar-refractivity contribution < 1.29 is 14.7 Å². The lowest BCUT2D eigenvalue weighted by Gasteiger charge is -2.16. The largest absolute Gasteiger partial charge is 0.480 e. The number of nitrogens with zero attached hydrogens (tertiary/aromatic N) is 1. The van der Waals surface area contributed by atoms with E-state index < -0.39 is 12.0 Å². The number of carboxylic acids is 1. The molecule has 1 unspecified atom stereocenters. The van der Waals surface area contributed by atoms with Crippen molar-refractivity contribution in [3.05, 3.63) is 71.5 Å². The van der Waals surface area contributed by atoms with Gasteiger partial charge in [-0.25, -0.2) is 4.79 Å². The Morgan fingerprint density at radius 1 is 1.10 bits per heavy atom. The smallest absolute Gasteiger partial charge is 0.326 e. The third kappa shape index (κ3) is 3.93. The van der Waals surface area contributed by atoms with Gasteiger partial charge in [-0.15, -0.1) is 0 Å². The van der Waals surface area contributed by atoms with Crippen LogP contribution in [0.4, 0.5) is 0 Å². The van der Waals surface area contributed by atoms with Crippen LogP contribution in [-0.2, 0) is 17.8 Å². The average Bonchev–Trinajstić information content (AvgIpc) is 3.30. The number of aromatic nitrogens is 2. The highest BCUT2D eigenvalue weighted by Crippen LogP contribution is 2.26. The van der Waals surface area contributed by atoms with Crippen LogP contribution in [0.5, 0.6) is 0 Å². The predicted octanol–water partition coefficient (Wildman–Crippen LogP) is 4.66. The molecule has 6 heteroatoms. The lowest BCUT2D eigenvalue weighted by atomic mass is 10.0. The zero-order valence-corrected chi connectivity index (χ0v) is 17.8. The standard InChI is InChI=1S/C25H27N3O3/c1-3-4-13-28-22-12-8-6-9-18(22)16(2)23(28)24(29)27-21(25(30)31)14-17-15-26-20-11-7-5-10-19(17)20/h5-12,15,21,26H,3-4,13-14H2,1-2H3,(H,27,29)(H,30,31). The van der Waals surface area contributed by atoms with Gasteiger partial charge < -0.3 is 20.0 Å². The molecule has 2 aromatic carbocycles. The number of amides is 1. The summed E-state index contributed by atoms with van der Waals surface area (Å²) < 4.78 is 2.02. The fraction of sp³-hybridized carbons (Fsp3) is 0.280. The van der Waals surface area contributed by atoms with Gasteiger partial charge in [-0.2, -0.15) is 0 Å². The van der Waals surface area contributed by atoms with Crippen LogP contribution in [0.15, 0.2) is 54.7 Å². The topological polar surface area (TPSA) is 87.1 Å². The lowest BCUT2D eigenvalue weighted by Crippen LogP contribution is -2.43. The number of hydrogen-bond donors (Lipinski definition) is 3. The van der Waals surface area contributed by atoms with E-state index in [2.05, 4.69) is 17.2 Å². The first-order valence-corrected chi connectivity index (χ1v) is 10.7. The number of aliphatic carboxylic acids is 1. The number of aryl methyl sites for hydroxylation is 2. The number of para-hydroxylation sites is 2.